The van der Waals surface area contributed by atoms with Crippen LogP contribution in [0.1, 0.15) is 18.9 Å². The largest absolute Gasteiger partial charge is 0.493 e. The fraction of sp³-hybridized carbons (Fsp3) is 0.462. The molecule has 17 heavy (non-hydrogen) atoms. The van der Waals surface area contributed by atoms with Crippen LogP contribution >= 0.6 is 0 Å². The first-order chi connectivity index (χ1) is 8.19. The topological polar surface area (TPSA) is 58.6 Å². The predicted octanol–water partition coefficient (Wildman–Crippen LogP) is 1.58. The van der Waals surface area contributed by atoms with Crippen molar-refractivity contribution in [3.63, 3.8) is 0 Å². The maximum atomic E-state index is 11.2. The number of carbonyl (C=O) groups is 1. The van der Waals surface area contributed by atoms with E-state index < -0.39 is 0 Å². The summed E-state index contributed by atoms with van der Waals surface area (Å²) in [6.07, 6.45) is 1.29. The molecule has 2 N–H and O–H groups in total. The number of aliphatic hydroxyl groups excluding tert-OH is 1. The quantitative estimate of drug-likeness (QED) is 0.833. The van der Waals surface area contributed by atoms with Crippen LogP contribution in [0.15, 0.2) is 18.2 Å². The van der Waals surface area contributed by atoms with Crippen molar-refractivity contribution < 1.29 is 14.6 Å². The SMILES string of the molecule is CC(CO)COc1ccc2c(c1)CCC(=O)N2. The van der Waals surface area contributed by atoms with Crippen molar-refractivity contribution in [1.82, 2.24) is 0 Å². The summed E-state index contributed by atoms with van der Waals surface area (Å²) >= 11 is 0. The summed E-state index contributed by atoms with van der Waals surface area (Å²) in [6, 6.07) is 5.67. The summed E-state index contributed by atoms with van der Waals surface area (Å²) in [4.78, 5) is 11.2. The number of rotatable bonds is 4. The Morgan fingerprint density at radius 1 is 1.47 bits per heavy atom. The lowest BCUT2D eigenvalue weighted by Crippen LogP contribution is -2.19. The van der Waals surface area contributed by atoms with Gasteiger partial charge in [-0.2, -0.15) is 0 Å². The molecule has 1 aromatic carbocycles. The molecule has 0 aliphatic carbocycles. The number of aliphatic hydroxyl groups is 1. The second-order valence-electron chi connectivity index (χ2n) is 4.47. The zero-order valence-corrected chi connectivity index (χ0v) is 9.90. The highest BCUT2D eigenvalue weighted by Gasteiger charge is 2.15. The number of amides is 1. The predicted molar refractivity (Wildman–Crippen MR) is 65.1 cm³/mol. The number of fused-ring (bicyclic) bond motifs is 1. The third-order valence-electron chi connectivity index (χ3n) is 2.82. The van der Waals surface area contributed by atoms with Crippen molar-refractivity contribution in [3.8, 4) is 5.75 Å². The highest BCUT2D eigenvalue weighted by molar-refractivity contribution is 5.93. The summed E-state index contributed by atoms with van der Waals surface area (Å²) in [5.41, 5.74) is 1.99. The molecule has 1 atom stereocenters. The summed E-state index contributed by atoms with van der Waals surface area (Å²) < 4.78 is 5.58. The van der Waals surface area contributed by atoms with Crippen LogP contribution in [0.5, 0.6) is 5.75 Å². The average molecular weight is 235 g/mol. The lowest BCUT2D eigenvalue weighted by Gasteiger charge is -2.18. The zero-order valence-electron chi connectivity index (χ0n) is 9.90. The molecule has 4 nitrogen and oxygen atoms in total. The van der Waals surface area contributed by atoms with Crippen molar-refractivity contribution >= 4 is 11.6 Å². The molecular formula is C13H17NO3. The van der Waals surface area contributed by atoms with Gasteiger partial charge in [-0.15, -0.1) is 0 Å². The molecular weight excluding hydrogens is 218 g/mol. The number of carbonyl (C=O) groups excluding carboxylic acids is 1. The number of anilines is 1. The second kappa shape index (κ2) is 5.19. The van der Waals surface area contributed by atoms with Gasteiger partial charge in [0.2, 0.25) is 5.91 Å². The fourth-order valence-electron chi connectivity index (χ4n) is 1.74. The number of ether oxygens (including phenoxy) is 1. The van der Waals surface area contributed by atoms with Crippen LogP contribution in [-0.4, -0.2) is 24.2 Å². The lowest BCUT2D eigenvalue weighted by molar-refractivity contribution is -0.116. The van der Waals surface area contributed by atoms with E-state index in [1.54, 1.807) is 0 Å². The molecule has 1 amide bonds. The highest BCUT2D eigenvalue weighted by atomic mass is 16.5. The monoisotopic (exact) mass is 235 g/mol. The Morgan fingerprint density at radius 2 is 2.29 bits per heavy atom. The van der Waals surface area contributed by atoms with Gasteiger partial charge in [-0.1, -0.05) is 6.92 Å². The van der Waals surface area contributed by atoms with Crippen molar-refractivity contribution in [3.05, 3.63) is 23.8 Å². The standard InChI is InChI=1S/C13H17NO3/c1-9(7-15)8-17-11-3-4-12-10(6-11)2-5-13(16)14-12/h3-4,6,9,15H,2,5,7-8H2,1H3,(H,14,16). The van der Waals surface area contributed by atoms with Gasteiger partial charge in [-0.25, -0.2) is 0 Å². The van der Waals surface area contributed by atoms with Crippen LogP contribution < -0.4 is 10.1 Å². The maximum Gasteiger partial charge on any atom is 0.224 e. The van der Waals surface area contributed by atoms with E-state index in [2.05, 4.69) is 5.32 Å². The Kier molecular flexibility index (Phi) is 3.64. The molecule has 92 valence electrons. The van der Waals surface area contributed by atoms with Gasteiger partial charge in [0.15, 0.2) is 0 Å². The molecule has 0 spiro atoms. The Morgan fingerprint density at radius 3 is 3.06 bits per heavy atom. The van der Waals surface area contributed by atoms with E-state index in [0.29, 0.717) is 13.0 Å². The molecule has 0 saturated carbocycles. The highest BCUT2D eigenvalue weighted by Crippen LogP contribution is 2.26. The van der Waals surface area contributed by atoms with Crippen molar-refractivity contribution in [2.75, 3.05) is 18.5 Å². The molecule has 1 aliphatic heterocycles. The van der Waals surface area contributed by atoms with Crippen LogP contribution in [0.3, 0.4) is 0 Å². The summed E-state index contributed by atoms with van der Waals surface area (Å²) in [5, 5.41) is 11.7. The lowest BCUT2D eigenvalue weighted by atomic mass is 10.0. The van der Waals surface area contributed by atoms with Gasteiger partial charge in [0, 0.05) is 24.6 Å². The van der Waals surface area contributed by atoms with Crippen LogP contribution in [0.2, 0.25) is 0 Å². The third-order valence-corrected chi connectivity index (χ3v) is 2.82. The molecule has 0 bridgehead atoms. The Bertz CT molecular complexity index is 417. The van der Waals surface area contributed by atoms with Crippen LogP contribution in [0, 0.1) is 5.92 Å². The first kappa shape index (κ1) is 11.9. The molecule has 1 aromatic rings. The van der Waals surface area contributed by atoms with Gasteiger partial charge in [0.1, 0.15) is 5.75 Å². The van der Waals surface area contributed by atoms with E-state index in [0.717, 1.165) is 23.4 Å². The molecule has 1 aliphatic rings. The fourth-order valence-corrected chi connectivity index (χ4v) is 1.74. The van der Waals surface area contributed by atoms with Gasteiger partial charge < -0.3 is 15.2 Å². The minimum Gasteiger partial charge on any atom is -0.493 e. The summed E-state index contributed by atoms with van der Waals surface area (Å²) in [6.45, 7) is 2.56. The van der Waals surface area contributed by atoms with Crippen molar-refractivity contribution in [2.45, 2.75) is 19.8 Å². The summed E-state index contributed by atoms with van der Waals surface area (Å²) in [5.74, 6) is 0.992. The number of benzene rings is 1. The minimum atomic E-state index is 0.0695. The Balaban J connectivity index is 2.04. The first-order valence-electron chi connectivity index (χ1n) is 5.85. The van der Waals surface area contributed by atoms with Gasteiger partial charge >= 0.3 is 0 Å². The van der Waals surface area contributed by atoms with E-state index in [4.69, 9.17) is 9.84 Å². The van der Waals surface area contributed by atoms with Gasteiger partial charge in [-0.05, 0) is 30.2 Å². The van der Waals surface area contributed by atoms with Gasteiger partial charge in [0.05, 0.1) is 6.61 Å². The molecule has 1 heterocycles. The number of nitrogens with one attached hydrogen (secondary N) is 1. The van der Waals surface area contributed by atoms with Crippen LogP contribution in [-0.2, 0) is 11.2 Å². The molecule has 0 aromatic heterocycles. The third kappa shape index (κ3) is 2.97. The number of hydrogen-bond donors (Lipinski definition) is 2. The van der Waals surface area contributed by atoms with E-state index in [-0.39, 0.29) is 18.4 Å². The number of aryl methyl sites for hydroxylation is 1. The maximum absolute atomic E-state index is 11.2. The minimum absolute atomic E-state index is 0.0695. The first-order valence-corrected chi connectivity index (χ1v) is 5.85. The smallest absolute Gasteiger partial charge is 0.224 e. The van der Waals surface area contributed by atoms with Crippen LogP contribution in [0.25, 0.3) is 0 Å². The van der Waals surface area contributed by atoms with Crippen molar-refractivity contribution in [2.24, 2.45) is 5.92 Å². The van der Waals surface area contributed by atoms with Gasteiger partial charge in [0.25, 0.3) is 0 Å². The molecule has 0 saturated heterocycles. The van der Waals surface area contributed by atoms with Crippen LogP contribution in [0.4, 0.5) is 5.69 Å². The second-order valence-corrected chi connectivity index (χ2v) is 4.47. The van der Waals surface area contributed by atoms with Gasteiger partial charge in [-0.3, -0.25) is 4.79 Å². The molecule has 0 radical (unpaired) electrons. The molecule has 0 fully saturated rings. The Labute approximate surface area is 101 Å². The average Bonchev–Trinajstić information content (AvgIpc) is 2.35. The van der Waals surface area contributed by atoms with E-state index >= 15 is 0 Å². The molecule has 4 heteroatoms. The normalized spacial score (nSPS) is 16.0. The summed E-state index contributed by atoms with van der Waals surface area (Å²) in [7, 11) is 0. The van der Waals surface area contributed by atoms with E-state index in [9.17, 15) is 4.79 Å². The Hall–Kier alpha value is -1.55. The van der Waals surface area contributed by atoms with E-state index in [1.165, 1.54) is 0 Å². The zero-order chi connectivity index (χ0) is 12.3. The number of hydrogen-bond acceptors (Lipinski definition) is 3. The molecule has 1 unspecified atom stereocenters. The van der Waals surface area contributed by atoms with E-state index in [1.807, 2.05) is 25.1 Å². The molecule has 2 rings (SSSR count). The van der Waals surface area contributed by atoms with Crippen molar-refractivity contribution in [1.29, 1.82) is 0 Å².